The van der Waals surface area contributed by atoms with Gasteiger partial charge in [0.2, 0.25) is 11.6 Å². The molecular weight excluding hydrogens is 388 g/mol. The smallest absolute Gasteiger partial charge is 0.353 e. The summed E-state index contributed by atoms with van der Waals surface area (Å²) in [6.07, 6.45) is 1.87. The van der Waals surface area contributed by atoms with Crippen LogP contribution in [0.5, 0.6) is 11.5 Å². The van der Waals surface area contributed by atoms with E-state index in [2.05, 4.69) is 25.6 Å². The summed E-state index contributed by atoms with van der Waals surface area (Å²) in [5.74, 6) is 1.93. The van der Waals surface area contributed by atoms with Crippen LogP contribution in [0, 0.1) is 17.0 Å². The molecule has 0 saturated heterocycles. The lowest BCUT2D eigenvalue weighted by Gasteiger charge is -2.11. The molecule has 0 fully saturated rings. The Morgan fingerprint density at radius 1 is 1.07 bits per heavy atom. The normalized spacial score (nSPS) is 10.4. The highest BCUT2D eigenvalue weighted by Gasteiger charge is 2.23. The highest BCUT2D eigenvalue weighted by atomic mass is 16.6. The minimum atomic E-state index is -0.517. The van der Waals surface area contributed by atoms with E-state index in [1.165, 1.54) is 6.33 Å². The van der Waals surface area contributed by atoms with Crippen LogP contribution in [0.1, 0.15) is 11.3 Å². The first-order valence-corrected chi connectivity index (χ1v) is 9.16. The number of benzene rings is 1. The van der Waals surface area contributed by atoms with Gasteiger partial charge in [-0.05, 0) is 43.2 Å². The van der Waals surface area contributed by atoms with Gasteiger partial charge >= 0.3 is 5.69 Å². The molecule has 0 aliphatic carbocycles. The number of pyridine rings is 1. The zero-order valence-corrected chi connectivity index (χ0v) is 16.9. The number of rotatable bonds is 9. The predicted octanol–water partition coefficient (Wildman–Crippen LogP) is 3.50. The van der Waals surface area contributed by atoms with Crippen LogP contribution >= 0.6 is 0 Å². The molecular formula is C20H22N6O4. The van der Waals surface area contributed by atoms with Gasteiger partial charge in [0.15, 0.2) is 11.5 Å². The molecule has 0 atom stereocenters. The Bertz CT molecular complexity index is 1040. The first-order chi connectivity index (χ1) is 14.5. The number of methoxy groups -OCH3 is 2. The van der Waals surface area contributed by atoms with E-state index in [1.807, 2.05) is 31.2 Å². The molecule has 156 valence electrons. The number of nitrogens with one attached hydrogen (secondary N) is 2. The summed E-state index contributed by atoms with van der Waals surface area (Å²) in [5, 5.41) is 17.6. The summed E-state index contributed by atoms with van der Waals surface area (Å²) < 4.78 is 10.5. The van der Waals surface area contributed by atoms with Crippen molar-refractivity contribution in [2.75, 3.05) is 31.4 Å². The molecule has 0 aliphatic rings. The van der Waals surface area contributed by atoms with Gasteiger partial charge < -0.3 is 20.1 Å². The Balaban J connectivity index is 1.75. The molecule has 10 nitrogen and oxygen atoms in total. The van der Waals surface area contributed by atoms with Crippen molar-refractivity contribution in [1.29, 1.82) is 0 Å². The third kappa shape index (κ3) is 4.90. The van der Waals surface area contributed by atoms with E-state index in [-0.39, 0.29) is 17.3 Å². The van der Waals surface area contributed by atoms with Gasteiger partial charge in [0.05, 0.1) is 19.1 Å². The molecule has 0 radical (unpaired) electrons. The molecule has 0 saturated carbocycles. The molecule has 3 rings (SSSR count). The predicted molar refractivity (Wildman–Crippen MR) is 113 cm³/mol. The molecule has 3 aromatic rings. The molecule has 2 heterocycles. The summed E-state index contributed by atoms with van der Waals surface area (Å²) in [4.78, 5) is 23.5. The Hall–Kier alpha value is -3.95. The number of ether oxygens (including phenoxy) is 2. The molecule has 2 aromatic heterocycles. The number of hydrogen-bond donors (Lipinski definition) is 2. The summed E-state index contributed by atoms with van der Waals surface area (Å²) >= 11 is 0. The van der Waals surface area contributed by atoms with Crippen LogP contribution in [0.15, 0.2) is 42.7 Å². The Labute approximate surface area is 173 Å². The highest BCUT2D eigenvalue weighted by Crippen LogP contribution is 2.31. The second-order valence-corrected chi connectivity index (χ2v) is 6.33. The number of nitro groups is 1. The summed E-state index contributed by atoms with van der Waals surface area (Å²) in [6.45, 7) is 2.26. The van der Waals surface area contributed by atoms with Gasteiger partial charge in [0.1, 0.15) is 12.1 Å². The number of hydrogen-bond acceptors (Lipinski definition) is 9. The lowest BCUT2D eigenvalue weighted by molar-refractivity contribution is -0.383. The van der Waals surface area contributed by atoms with E-state index in [9.17, 15) is 10.1 Å². The molecule has 30 heavy (non-hydrogen) atoms. The van der Waals surface area contributed by atoms with E-state index >= 15 is 0 Å². The van der Waals surface area contributed by atoms with E-state index in [0.29, 0.717) is 30.3 Å². The van der Waals surface area contributed by atoms with Gasteiger partial charge in [-0.1, -0.05) is 12.1 Å². The third-order valence-electron chi connectivity index (χ3n) is 4.29. The van der Waals surface area contributed by atoms with E-state index < -0.39 is 4.92 Å². The monoisotopic (exact) mass is 410 g/mol. The van der Waals surface area contributed by atoms with Crippen molar-refractivity contribution in [3.8, 4) is 11.5 Å². The highest BCUT2D eigenvalue weighted by molar-refractivity contribution is 5.72. The second-order valence-electron chi connectivity index (χ2n) is 6.33. The minimum absolute atomic E-state index is 0.0710. The molecule has 1 aromatic carbocycles. The fourth-order valence-electron chi connectivity index (χ4n) is 2.87. The van der Waals surface area contributed by atoms with Gasteiger partial charge in [-0.3, -0.25) is 10.1 Å². The van der Waals surface area contributed by atoms with Gasteiger partial charge in [-0.25, -0.2) is 15.0 Å². The zero-order valence-electron chi connectivity index (χ0n) is 16.9. The average Bonchev–Trinajstić information content (AvgIpc) is 2.73. The van der Waals surface area contributed by atoms with Crippen molar-refractivity contribution in [3.05, 3.63) is 64.1 Å². The van der Waals surface area contributed by atoms with Crippen molar-refractivity contribution in [2.24, 2.45) is 0 Å². The third-order valence-corrected chi connectivity index (χ3v) is 4.29. The van der Waals surface area contributed by atoms with Crippen LogP contribution in [0.3, 0.4) is 0 Å². The van der Waals surface area contributed by atoms with Crippen molar-refractivity contribution in [3.63, 3.8) is 0 Å². The fourth-order valence-corrected chi connectivity index (χ4v) is 2.87. The lowest BCUT2D eigenvalue weighted by Crippen LogP contribution is -2.11. The van der Waals surface area contributed by atoms with Gasteiger partial charge in [-0.15, -0.1) is 0 Å². The fraction of sp³-hybridized carbons (Fsp3) is 0.250. The van der Waals surface area contributed by atoms with Crippen molar-refractivity contribution in [1.82, 2.24) is 15.0 Å². The van der Waals surface area contributed by atoms with E-state index in [0.717, 1.165) is 11.3 Å². The second kappa shape index (κ2) is 9.50. The SMILES string of the molecule is COc1ccc(CCNc2ncnc(Nc3cccc(C)n3)c2[N+](=O)[O-])cc1OC. The quantitative estimate of drug-likeness (QED) is 0.403. The molecule has 0 spiro atoms. The summed E-state index contributed by atoms with van der Waals surface area (Å²) in [5.41, 5.74) is 1.53. The first kappa shape index (κ1) is 20.8. The van der Waals surface area contributed by atoms with Gasteiger partial charge in [0.25, 0.3) is 0 Å². The standard InChI is InChI=1S/C20H22N6O4/c1-13-5-4-6-17(24-13)25-20-18(26(27)28)19(22-12-23-20)21-10-9-14-7-8-15(29-2)16(11-14)30-3/h4-8,11-12H,9-10H2,1-3H3,(H2,21,22,23,24,25). The van der Waals surface area contributed by atoms with Crippen LogP contribution in [0.4, 0.5) is 23.1 Å². The van der Waals surface area contributed by atoms with E-state index in [4.69, 9.17) is 9.47 Å². The first-order valence-electron chi connectivity index (χ1n) is 9.16. The van der Waals surface area contributed by atoms with Crippen LogP contribution in [-0.2, 0) is 6.42 Å². The minimum Gasteiger partial charge on any atom is -0.493 e. The number of aryl methyl sites for hydroxylation is 1. The largest absolute Gasteiger partial charge is 0.493 e. The summed E-state index contributed by atoms with van der Waals surface area (Å²) in [7, 11) is 3.15. The maximum atomic E-state index is 11.7. The Morgan fingerprint density at radius 3 is 2.53 bits per heavy atom. The number of anilines is 3. The maximum Gasteiger partial charge on any atom is 0.353 e. The zero-order chi connectivity index (χ0) is 21.5. The molecule has 0 bridgehead atoms. The molecule has 0 aliphatic heterocycles. The Morgan fingerprint density at radius 2 is 1.83 bits per heavy atom. The maximum absolute atomic E-state index is 11.7. The van der Waals surface area contributed by atoms with Crippen molar-refractivity contribution in [2.45, 2.75) is 13.3 Å². The topological polar surface area (TPSA) is 124 Å². The average molecular weight is 410 g/mol. The number of aromatic nitrogens is 3. The molecule has 10 heteroatoms. The van der Waals surface area contributed by atoms with Crippen LogP contribution in [0.2, 0.25) is 0 Å². The lowest BCUT2D eigenvalue weighted by atomic mass is 10.1. The Kier molecular flexibility index (Phi) is 6.58. The molecule has 0 unspecified atom stereocenters. The summed E-state index contributed by atoms with van der Waals surface area (Å²) in [6, 6.07) is 10.9. The van der Waals surface area contributed by atoms with Crippen molar-refractivity contribution >= 4 is 23.1 Å². The van der Waals surface area contributed by atoms with Gasteiger partial charge in [0, 0.05) is 12.2 Å². The molecule has 0 amide bonds. The van der Waals surface area contributed by atoms with Crippen molar-refractivity contribution < 1.29 is 14.4 Å². The number of nitrogens with zero attached hydrogens (tertiary/aromatic N) is 4. The van der Waals surface area contributed by atoms with Crippen LogP contribution < -0.4 is 20.1 Å². The molecule has 2 N–H and O–H groups in total. The van der Waals surface area contributed by atoms with Gasteiger partial charge in [-0.2, -0.15) is 0 Å². The van der Waals surface area contributed by atoms with Crippen LogP contribution in [-0.4, -0.2) is 40.6 Å². The van der Waals surface area contributed by atoms with Crippen LogP contribution in [0.25, 0.3) is 0 Å². The van der Waals surface area contributed by atoms with E-state index in [1.54, 1.807) is 26.4 Å².